The lowest BCUT2D eigenvalue weighted by Crippen LogP contribution is -2.53. The van der Waals surface area contributed by atoms with Crippen LogP contribution in [-0.4, -0.2) is 83.7 Å². The van der Waals surface area contributed by atoms with Gasteiger partial charge in [0.05, 0.1) is 46.4 Å². The zero-order valence-electron chi connectivity index (χ0n) is 22.4. The summed E-state index contributed by atoms with van der Waals surface area (Å²) >= 11 is 0. The van der Waals surface area contributed by atoms with Crippen LogP contribution in [0, 0.1) is 6.92 Å². The SMILES string of the molecule is Cc1ncc(C(=O)NCCN2CCC3(CCO3)CC2)cc1Nc1nn(C)c2nc(Nc3cnn(C)c3)ncc12. The molecule has 13 nitrogen and oxygen atoms in total. The third-order valence-electron chi connectivity index (χ3n) is 7.59. The first-order valence-corrected chi connectivity index (χ1v) is 13.2. The zero-order valence-corrected chi connectivity index (χ0v) is 22.4. The van der Waals surface area contributed by atoms with Crippen molar-refractivity contribution in [3.8, 4) is 0 Å². The lowest BCUT2D eigenvalue weighted by atomic mass is 9.84. The number of hydrogen-bond donors (Lipinski definition) is 3. The van der Waals surface area contributed by atoms with Crippen LogP contribution in [0.15, 0.2) is 30.9 Å². The second-order valence-corrected chi connectivity index (χ2v) is 10.3. The van der Waals surface area contributed by atoms with Crippen LogP contribution in [-0.2, 0) is 18.8 Å². The number of nitrogens with one attached hydrogen (secondary N) is 3. The highest BCUT2D eigenvalue weighted by Gasteiger charge is 2.40. The van der Waals surface area contributed by atoms with Gasteiger partial charge in [0.1, 0.15) is 0 Å². The number of likely N-dealkylation sites (tertiary alicyclic amines) is 1. The van der Waals surface area contributed by atoms with E-state index in [1.807, 2.05) is 27.2 Å². The summed E-state index contributed by atoms with van der Waals surface area (Å²) in [4.78, 5) is 28.8. The molecular weight excluding hydrogens is 498 g/mol. The number of carbonyl (C=O) groups is 1. The van der Waals surface area contributed by atoms with Crippen LogP contribution >= 0.6 is 0 Å². The van der Waals surface area contributed by atoms with Crippen molar-refractivity contribution >= 4 is 40.1 Å². The van der Waals surface area contributed by atoms with Crippen LogP contribution in [0.25, 0.3) is 11.0 Å². The molecule has 0 aromatic carbocycles. The molecule has 0 atom stereocenters. The molecule has 6 heterocycles. The van der Waals surface area contributed by atoms with Gasteiger partial charge in [0.25, 0.3) is 5.91 Å². The highest BCUT2D eigenvalue weighted by atomic mass is 16.5. The Balaban J connectivity index is 1.10. The van der Waals surface area contributed by atoms with Gasteiger partial charge < -0.3 is 25.6 Å². The molecule has 2 aliphatic heterocycles. The summed E-state index contributed by atoms with van der Waals surface area (Å²) in [6, 6.07) is 1.80. The van der Waals surface area contributed by atoms with Crippen LogP contribution in [0.5, 0.6) is 0 Å². The number of rotatable bonds is 8. The second kappa shape index (κ2) is 10.2. The van der Waals surface area contributed by atoms with Crippen molar-refractivity contribution in [3.05, 3.63) is 42.1 Å². The van der Waals surface area contributed by atoms with Gasteiger partial charge in [0.15, 0.2) is 11.5 Å². The third kappa shape index (κ3) is 5.27. The van der Waals surface area contributed by atoms with E-state index < -0.39 is 0 Å². The van der Waals surface area contributed by atoms with E-state index in [1.54, 1.807) is 34.0 Å². The topological polar surface area (TPSA) is 140 Å². The normalized spacial score (nSPS) is 16.8. The minimum Gasteiger partial charge on any atom is -0.375 e. The number of nitrogens with zero attached hydrogens (tertiary/aromatic N) is 8. The fraction of sp³-hybridized carbons (Fsp3) is 0.462. The average Bonchev–Trinajstić information content (AvgIpc) is 3.46. The fourth-order valence-corrected chi connectivity index (χ4v) is 5.12. The Kier molecular flexibility index (Phi) is 6.61. The van der Waals surface area contributed by atoms with E-state index in [9.17, 15) is 4.79 Å². The number of ether oxygens (including phenoxy) is 1. The van der Waals surface area contributed by atoms with E-state index >= 15 is 0 Å². The maximum Gasteiger partial charge on any atom is 0.252 e. The molecule has 13 heteroatoms. The van der Waals surface area contributed by atoms with Crippen LogP contribution in [0.1, 0.15) is 35.3 Å². The van der Waals surface area contributed by atoms with Crippen LogP contribution in [0.2, 0.25) is 0 Å². The van der Waals surface area contributed by atoms with Gasteiger partial charge in [-0.25, -0.2) is 9.67 Å². The van der Waals surface area contributed by atoms with E-state index in [2.05, 4.69) is 46.0 Å². The van der Waals surface area contributed by atoms with Crippen molar-refractivity contribution in [1.29, 1.82) is 0 Å². The molecule has 0 saturated carbocycles. The van der Waals surface area contributed by atoms with E-state index in [4.69, 9.17) is 4.74 Å². The van der Waals surface area contributed by atoms with E-state index in [0.717, 1.165) is 55.9 Å². The number of carbonyl (C=O) groups excluding carboxylic acids is 1. The Morgan fingerprint density at radius 3 is 2.64 bits per heavy atom. The molecule has 2 saturated heterocycles. The predicted molar refractivity (Wildman–Crippen MR) is 146 cm³/mol. The fourth-order valence-electron chi connectivity index (χ4n) is 5.12. The molecule has 2 aliphatic rings. The summed E-state index contributed by atoms with van der Waals surface area (Å²) in [5, 5.41) is 19.0. The van der Waals surface area contributed by atoms with E-state index in [0.29, 0.717) is 35.2 Å². The number of aromatic nitrogens is 7. The lowest BCUT2D eigenvalue weighted by molar-refractivity contribution is -0.172. The molecule has 4 aromatic rings. The van der Waals surface area contributed by atoms with Crippen LogP contribution < -0.4 is 16.0 Å². The Bertz CT molecular complexity index is 1500. The number of hydrogen-bond acceptors (Lipinski definition) is 10. The molecule has 3 N–H and O–H groups in total. The first kappa shape index (κ1) is 25.2. The molecule has 204 valence electrons. The smallest absolute Gasteiger partial charge is 0.252 e. The Morgan fingerprint density at radius 2 is 1.92 bits per heavy atom. The highest BCUT2D eigenvalue weighted by molar-refractivity contribution is 5.96. The maximum absolute atomic E-state index is 12.9. The quantitative estimate of drug-likeness (QED) is 0.310. The highest BCUT2D eigenvalue weighted by Crippen LogP contribution is 2.36. The number of aryl methyl sites for hydroxylation is 3. The van der Waals surface area contributed by atoms with Crippen LogP contribution in [0.4, 0.5) is 23.1 Å². The minimum absolute atomic E-state index is 0.140. The van der Waals surface area contributed by atoms with Gasteiger partial charge >= 0.3 is 0 Å². The summed E-state index contributed by atoms with van der Waals surface area (Å²) in [6.07, 6.45) is 10.2. The lowest BCUT2D eigenvalue weighted by Gasteiger charge is -2.47. The Morgan fingerprint density at radius 1 is 1.10 bits per heavy atom. The number of amides is 1. The molecular formula is C26H33N11O2. The van der Waals surface area contributed by atoms with E-state index in [1.165, 1.54) is 6.42 Å². The zero-order chi connectivity index (χ0) is 27.0. The van der Waals surface area contributed by atoms with E-state index in [-0.39, 0.29) is 11.5 Å². The number of anilines is 4. The number of piperidine rings is 1. The standard InChI is InChI=1S/C26H33N11O2/c1-17-21(12-18(13-28-17)24(38)27-7-10-37-8-4-26(5-9-37)6-11-39-26)32-22-20-15-29-25(33-23(20)36(3)34-22)31-19-14-30-35(2)16-19/h12-16H,4-11H2,1-3H3,(H,27,38)(H,32,34)(H,29,31,33). The molecule has 6 rings (SSSR count). The first-order valence-electron chi connectivity index (χ1n) is 13.2. The van der Waals surface area contributed by atoms with Crippen molar-refractivity contribution in [2.24, 2.45) is 14.1 Å². The average molecular weight is 532 g/mol. The maximum atomic E-state index is 12.9. The van der Waals surface area contributed by atoms with Crippen molar-refractivity contribution < 1.29 is 9.53 Å². The molecule has 0 aliphatic carbocycles. The number of fused-ring (bicyclic) bond motifs is 1. The van der Waals surface area contributed by atoms with Gasteiger partial charge in [0, 0.05) is 58.9 Å². The largest absolute Gasteiger partial charge is 0.375 e. The van der Waals surface area contributed by atoms with Gasteiger partial charge in [-0.15, -0.1) is 0 Å². The van der Waals surface area contributed by atoms with Crippen molar-refractivity contribution in [2.45, 2.75) is 31.8 Å². The van der Waals surface area contributed by atoms with Crippen molar-refractivity contribution in [1.82, 2.24) is 44.7 Å². The Hall–Kier alpha value is -4.10. The summed E-state index contributed by atoms with van der Waals surface area (Å²) < 4.78 is 9.18. The molecule has 2 fully saturated rings. The van der Waals surface area contributed by atoms with Gasteiger partial charge in [0.2, 0.25) is 5.95 Å². The van der Waals surface area contributed by atoms with Crippen LogP contribution in [0.3, 0.4) is 0 Å². The van der Waals surface area contributed by atoms with Crippen molar-refractivity contribution in [2.75, 3.05) is 43.4 Å². The predicted octanol–water partition coefficient (Wildman–Crippen LogP) is 2.27. The first-order chi connectivity index (χ1) is 18.9. The van der Waals surface area contributed by atoms with Gasteiger partial charge in [-0.3, -0.25) is 14.5 Å². The summed E-state index contributed by atoms with van der Waals surface area (Å²) in [6.45, 7) is 6.21. The number of pyridine rings is 1. The molecule has 1 amide bonds. The molecule has 0 radical (unpaired) electrons. The minimum atomic E-state index is -0.151. The second-order valence-electron chi connectivity index (χ2n) is 10.3. The summed E-state index contributed by atoms with van der Waals surface area (Å²) in [5.74, 6) is 0.880. The van der Waals surface area contributed by atoms with Gasteiger partial charge in [-0.1, -0.05) is 0 Å². The molecule has 4 aromatic heterocycles. The molecule has 0 unspecified atom stereocenters. The monoisotopic (exact) mass is 531 g/mol. The summed E-state index contributed by atoms with van der Waals surface area (Å²) in [7, 11) is 3.67. The van der Waals surface area contributed by atoms with Gasteiger partial charge in [-0.05, 0) is 32.3 Å². The third-order valence-corrected chi connectivity index (χ3v) is 7.59. The summed E-state index contributed by atoms with van der Waals surface area (Å²) in [5.41, 5.74) is 3.53. The molecule has 0 bridgehead atoms. The van der Waals surface area contributed by atoms with Crippen molar-refractivity contribution in [3.63, 3.8) is 0 Å². The molecule has 1 spiro atoms. The van der Waals surface area contributed by atoms with Gasteiger partial charge in [-0.2, -0.15) is 15.2 Å². The molecule has 39 heavy (non-hydrogen) atoms. The Labute approximate surface area is 226 Å².